The SMILES string of the molecule is COc1ccc([C@H](C)NCc2sccc2N)cc1. The van der Waals surface area contributed by atoms with Gasteiger partial charge in [0.25, 0.3) is 0 Å². The molecule has 1 aromatic carbocycles. The van der Waals surface area contributed by atoms with E-state index in [9.17, 15) is 0 Å². The molecule has 1 aromatic heterocycles. The molecule has 1 heterocycles. The zero-order valence-electron chi connectivity index (χ0n) is 10.6. The van der Waals surface area contributed by atoms with Gasteiger partial charge in [0.1, 0.15) is 5.75 Å². The Labute approximate surface area is 112 Å². The summed E-state index contributed by atoms with van der Waals surface area (Å²) in [5.74, 6) is 0.883. The molecule has 0 bridgehead atoms. The lowest BCUT2D eigenvalue weighted by molar-refractivity contribution is 0.414. The van der Waals surface area contributed by atoms with Crippen LogP contribution in [0.1, 0.15) is 23.4 Å². The number of benzene rings is 1. The van der Waals surface area contributed by atoms with E-state index in [1.165, 1.54) is 10.4 Å². The zero-order chi connectivity index (χ0) is 13.0. The molecule has 4 heteroatoms. The fourth-order valence-corrected chi connectivity index (χ4v) is 2.50. The standard InChI is InChI=1S/C14H18N2OS/c1-10(11-3-5-12(17-2)6-4-11)16-9-14-13(15)7-8-18-14/h3-8,10,16H,9,15H2,1-2H3/t10-/m0/s1. The summed E-state index contributed by atoms with van der Waals surface area (Å²) in [6, 6.07) is 10.3. The second-order valence-corrected chi connectivity index (χ2v) is 5.18. The molecule has 2 rings (SSSR count). The number of hydrogen-bond acceptors (Lipinski definition) is 4. The van der Waals surface area contributed by atoms with Gasteiger partial charge in [0.05, 0.1) is 7.11 Å². The van der Waals surface area contributed by atoms with Gasteiger partial charge >= 0.3 is 0 Å². The Morgan fingerprint density at radius 2 is 2.00 bits per heavy atom. The normalized spacial score (nSPS) is 12.3. The van der Waals surface area contributed by atoms with Crippen molar-refractivity contribution in [3.05, 3.63) is 46.2 Å². The van der Waals surface area contributed by atoms with E-state index in [-0.39, 0.29) is 6.04 Å². The van der Waals surface area contributed by atoms with Crippen LogP contribution in [0.3, 0.4) is 0 Å². The van der Waals surface area contributed by atoms with Gasteiger partial charge in [0, 0.05) is 23.2 Å². The van der Waals surface area contributed by atoms with Crippen LogP contribution in [-0.2, 0) is 6.54 Å². The molecule has 0 saturated carbocycles. The minimum absolute atomic E-state index is 0.289. The van der Waals surface area contributed by atoms with Crippen LogP contribution in [-0.4, -0.2) is 7.11 Å². The third-order valence-corrected chi connectivity index (χ3v) is 3.90. The van der Waals surface area contributed by atoms with Crippen molar-refractivity contribution in [2.75, 3.05) is 12.8 Å². The van der Waals surface area contributed by atoms with Crippen molar-refractivity contribution in [1.29, 1.82) is 0 Å². The van der Waals surface area contributed by atoms with Crippen LogP contribution in [0.5, 0.6) is 5.75 Å². The first-order valence-electron chi connectivity index (χ1n) is 5.90. The van der Waals surface area contributed by atoms with Crippen molar-refractivity contribution >= 4 is 17.0 Å². The fourth-order valence-electron chi connectivity index (χ4n) is 1.75. The maximum atomic E-state index is 5.86. The van der Waals surface area contributed by atoms with Crippen LogP contribution < -0.4 is 15.8 Å². The summed E-state index contributed by atoms with van der Waals surface area (Å²) in [4.78, 5) is 1.19. The molecule has 0 spiro atoms. The predicted octanol–water partition coefficient (Wildman–Crippen LogP) is 3.19. The Balaban J connectivity index is 1.94. The Kier molecular flexibility index (Phi) is 4.23. The molecule has 3 N–H and O–H groups in total. The average molecular weight is 262 g/mol. The number of hydrogen-bond donors (Lipinski definition) is 2. The first kappa shape index (κ1) is 12.9. The Morgan fingerprint density at radius 3 is 2.56 bits per heavy atom. The monoisotopic (exact) mass is 262 g/mol. The minimum Gasteiger partial charge on any atom is -0.497 e. The second kappa shape index (κ2) is 5.89. The highest BCUT2D eigenvalue weighted by Crippen LogP contribution is 2.21. The second-order valence-electron chi connectivity index (χ2n) is 4.17. The summed E-state index contributed by atoms with van der Waals surface area (Å²) in [5.41, 5.74) is 7.97. The third kappa shape index (κ3) is 3.03. The van der Waals surface area contributed by atoms with E-state index in [0.29, 0.717) is 0 Å². The maximum Gasteiger partial charge on any atom is 0.118 e. The maximum absolute atomic E-state index is 5.86. The summed E-state index contributed by atoms with van der Waals surface area (Å²) in [6.45, 7) is 2.95. The molecular formula is C14H18N2OS. The number of nitrogens with one attached hydrogen (secondary N) is 1. The number of rotatable bonds is 5. The van der Waals surface area contributed by atoms with E-state index in [0.717, 1.165) is 18.0 Å². The number of ether oxygens (including phenoxy) is 1. The van der Waals surface area contributed by atoms with Gasteiger partial charge in [0.15, 0.2) is 0 Å². The molecule has 0 unspecified atom stereocenters. The smallest absolute Gasteiger partial charge is 0.118 e. The van der Waals surface area contributed by atoms with Gasteiger partial charge in [-0.15, -0.1) is 11.3 Å². The van der Waals surface area contributed by atoms with E-state index in [1.807, 2.05) is 23.6 Å². The molecule has 18 heavy (non-hydrogen) atoms. The highest BCUT2D eigenvalue weighted by atomic mass is 32.1. The van der Waals surface area contributed by atoms with Crippen molar-refractivity contribution in [3.8, 4) is 5.75 Å². The number of methoxy groups -OCH3 is 1. The molecule has 3 nitrogen and oxygen atoms in total. The van der Waals surface area contributed by atoms with Crippen LogP contribution >= 0.6 is 11.3 Å². The predicted molar refractivity (Wildman–Crippen MR) is 77.0 cm³/mol. The van der Waals surface area contributed by atoms with Gasteiger partial charge in [-0.3, -0.25) is 0 Å². The molecule has 0 amide bonds. The zero-order valence-corrected chi connectivity index (χ0v) is 11.5. The van der Waals surface area contributed by atoms with Crippen LogP contribution in [0.4, 0.5) is 5.69 Å². The van der Waals surface area contributed by atoms with Crippen LogP contribution in [0.25, 0.3) is 0 Å². The van der Waals surface area contributed by atoms with Crippen molar-refractivity contribution in [1.82, 2.24) is 5.32 Å². The van der Waals surface area contributed by atoms with E-state index in [4.69, 9.17) is 10.5 Å². The lowest BCUT2D eigenvalue weighted by atomic mass is 10.1. The molecule has 2 aromatic rings. The van der Waals surface area contributed by atoms with Crippen LogP contribution in [0.15, 0.2) is 35.7 Å². The van der Waals surface area contributed by atoms with Crippen molar-refractivity contribution in [2.45, 2.75) is 19.5 Å². The van der Waals surface area contributed by atoms with Crippen LogP contribution in [0, 0.1) is 0 Å². The van der Waals surface area contributed by atoms with Gasteiger partial charge in [0.2, 0.25) is 0 Å². The first-order chi connectivity index (χ1) is 8.70. The summed E-state index contributed by atoms with van der Waals surface area (Å²) in [5, 5.41) is 5.49. The quantitative estimate of drug-likeness (QED) is 0.870. The van der Waals surface area contributed by atoms with Crippen molar-refractivity contribution < 1.29 is 4.74 Å². The Morgan fingerprint density at radius 1 is 1.28 bits per heavy atom. The number of nitrogen functional groups attached to an aromatic ring is 1. The molecule has 0 aliphatic heterocycles. The van der Waals surface area contributed by atoms with Gasteiger partial charge in [-0.2, -0.15) is 0 Å². The molecule has 1 atom stereocenters. The summed E-state index contributed by atoms with van der Waals surface area (Å²) in [6.07, 6.45) is 0. The fraction of sp³-hybridized carbons (Fsp3) is 0.286. The van der Waals surface area contributed by atoms with Gasteiger partial charge in [-0.25, -0.2) is 0 Å². The highest BCUT2D eigenvalue weighted by Gasteiger charge is 2.07. The highest BCUT2D eigenvalue weighted by molar-refractivity contribution is 7.10. The van der Waals surface area contributed by atoms with E-state index in [1.54, 1.807) is 18.4 Å². The molecule has 0 fully saturated rings. The first-order valence-corrected chi connectivity index (χ1v) is 6.78. The number of anilines is 1. The Bertz CT molecular complexity index is 493. The topological polar surface area (TPSA) is 47.3 Å². The van der Waals surface area contributed by atoms with E-state index in [2.05, 4.69) is 24.4 Å². The molecule has 96 valence electrons. The third-order valence-electron chi connectivity index (χ3n) is 2.96. The molecule has 0 aliphatic carbocycles. The van der Waals surface area contributed by atoms with E-state index >= 15 is 0 Å². The lowest BCUT2D eigenvalue weighted by Crippen LogP contribution is -2.17. The summed E-state index contributed by atoms with van der Waals surface area (Å²) >= 11 is 1.69. The number of thiophene rings is 1. The molecular weight excluding hydrogens is 244 g/mol. The molecule has 0 aliphatic rings. The summed E-state index contributed by atoms with van der Waals surface area (Å²) in [7, 11) is 1.68. The van der Waals surface area contributed by atoms with Crippen molar-refractivity contribution in [2.24, 2.45) is 0 Å². The van der Waals surface area contributed by atoms with Gasteiger partial charge in [-0.05, 0) is 36.1 Å². The van der Waals surface area contributed by atoms with Crippen LogP contribution in [0.2, 0.25) is 0 Å². The van der Waals surface area contributed by atoms with E-state index < -0.39 is 0 Å². The minimum atomic E-state index is 0.289. The van der Waals surface area contributed by atoms with Crippen molar-refractivity contribution in [3.63, 3.8) is 0 Å². The van der Waals surface area contributed by atoms with Gasteiger partial charge in [-0.1, -0.05) is 12.1 Å². The molecule has 0 saturated heterocycles. The van der Waals surface area contributed by atoms with Gasteiger partial charge < -0.3 is 15.8 Å². The number of nitrogens with two attached hydrogens (primary N) is 1. The lowest BCUT2D eigenvalue weighted by Gasteiger charge is -2.14. The summed E-state index contributed by atoms with van der Waals surface area (Å²) < 4.78 is 5.15. The Hall–Kier alpha value is -1.52. The average Bonchev–Trinajstić information content (AvgIpc) is 2.81. The molecule has 0 radical (unpaired) electrons. The largest absolute Gasteiger partial charge is 0.497 e.